The van der Waals surface area contributed by atoms with Gasteiger partial charge in [0.2, 0.25) is 5.91 Å². The highest BCUT2D eigenvalue weighted by atomic mass is 32.2. The number of nitrogens with one attached hydrogen (secondary N) is 1. The Morgan fingerprint density at radius 3 is 2.88 bits per heavy atom. The molecule has 0 heterocycles. The van der Waals surface area contributed by atoms with Gasteiger partial charge in [0.15, 0.2) is 0 Å². The number of benzene rings is 1. The summed E-state index contributed by atoms with van der Waals surface area (Å²) in [6, 6.07) is 5.54. The topological polar surface area (TPSA) is 72.2 Å². The zero-order valence-corrected chi connectivity index (χ0v) is 10.3. The minimum absolute atomic E-state index is 0.130. The number of carbonyl (C=O) groups excluding carboxylic acids is 1. The van der Waals surface area contributed by atoms with Crippen LogP contribution in [0.5, 0.6) is 0 Å². The van der Waals surface area contributed by atoms with Gasteiger partial charge in [-0.05, 0) is 25.1 Å². The van der Waals surface area contributed by atoms with Crippen molar-refractivity contribution in [3.63, 3.8) is 0 Å². The summed E-state index contributed by atoms with van der Waals surface area (Å²) in [6.07, 6.45) is 0. The first kappa shape index (κ1) is 13.8. The molecule has 17 heavy (non-hydrogen) atoms. The van der Waals surface area contributed by atoms with Gasteiger partial charge in [-0.3, -0.25) is 9.00 Å². The van der Waals surface area contributed by atoms with Gasteiger partial charge in [0.1, 0.15) is 11.6 Å². The molecule has 0 aliphatic carbocycles. The van der Waals surface area contributed by atoms with E-state index in [0.29, 0.717) is 5.69 Å². The number of hydrogen-bond donors (Lipinski definition) is 2. The van der Waals surface area contributed by atoms with E-state index >= 15 is 0 Å². The van der Waals surface area contributed by atoms with Gasteiger partial charge in [0.05, 0.1) is 0 Å². The van der Waals surface area contributed by atoms with E-state index in [0.717, 1.165) is 0 Å². The molecular weight excluding hydrogens is 243 g/mol. The average molecular weight is 258 g/mol. The van der Waals surface area contributed by atoms with Crippen molar-refractivity contribution in [1.82, 2.24) is 0 Å². The molecular formula is C11H15FN2O2S. The van der Waals surface area contributed by atoms with Crippen LogP contribution >= 0.6 is 0 Å². The number of rotatable bonds is 5. The van der Waals surface area contributed by atoms with Crippen molar-refractivity contribution in [1.29, 1.82) is 0 Å². The summed E-state index contributed by atoms with van der Waals surface area (Å²) < 4.78 is 24.4. The molecule has 0 fully saturated rings. The molecule has 0 saturated carbocycles. The summed E-state index contributed by atoms with van der Waals surface area (Å²) in [4.78, 5) is 11.5. The molecule has 1 rings (SSSR count). The second-order valence-corrected chi connectivity index (χ2v) is 5.48. The van der Waals surface area contributed by atoms with Crippen LogP contribution in [0.1, 0.15) is 6.92 Å². The molecule has 4 nitrogen and oxygen atoms in total. The number of carbonyl (C=O) groups is 1. The van der Waals surface area contributed by atoms with Crippen LogP contribution in [0.15, 0.2) is 24.3 Å². The third kappa shape index (κ3) is 4.62. The Bertz CT molecular complexity index is 426. The highest BCUT2D eigenvalue weighted by molar-refractivity contribution is 7.86. The minimum atomic E-state index is -1.30. The standard InChI is InChI=1S/C11H15FN2O2S/c1-8(6-13)17(16)7-11(15)14-10-4-2-3-9(12)5-10/h2-5,8H,6-7,13H2,1H3,(H,14,15). The molecule has 0 radical (unpaired) electrons. The molecule has 2 atom stereocenters. The fraction of sp³-hybridized carbons (Fsp3) is 0.364. The van der Waals surface area contributed by atoms with Crippen molar-refractivity contribution >= 4 is 22.4 Å². The number of amides is 1. The Kier molecular flexibility index (Phi) is 5.24. The Labute approximate surface area is 102 Å². The van der Waals surface area contributed by atoms with Gasteiger partial charge in [-0.1, -0.05) is 6.07 Å². The number of nitrogens with two attached hydrogens (primary N) is 1. The normalized spacial score (nSPS) is 14.1. The van der Waals surface area contributed by atoms with Crippen LogP contribution in [0, 0.1) is 5.82 Å². The molecule has 6 heteroatoms. The Hall–Kier alpha value is -1.27. The molecule has 0 aliphatic heterocycles. The predicted octanol–water partition coefficient (Wildman–Crippen LogP) is 0.860. The monoisotopic (exact) mass is 258 g/mol. The third-order valence-corrected chi connectivity index (χ3v) is 3.80. The summed E-state index contributed by atoms with van der Waals surface area (Å²) in [5.41, 5.74) is 5.70. The van der Waals surface area contributed by atoms with Gasteiger partial charge in [-0.25, -0.2) is 4.39 Å². The van der Waals surface area contributed by atoms with E-state index in [9.17, 15) is 13.4 Å². The van der Waals surface area contributed by atoms with Crippen molar-refractivity contribution in [3.05, 3.63) is 30.1 Å². The first-order valence-electron chi connectivity index (χ1n) is 5.15. The van der Waals surface area contributed by atoms with Crippen molar-refractivity contribution < 1.29 is 13.4 Å². The molecule has 2 unspecified atom stereocenters. The second-order valence-electron chi connectivity index (χ2n) is 3.63. The molecule has 1 amide bonds. The minimum Gasteiger partial charge on any atom is -0.329 e. The summed E-state index contributed by atoms with van der Waals surface area (Å²) in [7, 11) is -1.30. The Balaban J connectivity index is 2.53. The Morgan fingerprint density at radius 2 is 2.29 bits per heavy atom. The lowest BCUT2D eigenvalue weighted by atomic mass is 10.3. The number of halogens is 1. The SMILES string of the molecule is CC(CN)S(=O)CC(=O)Nc1cccc(F)c1. The van der Waals surface area contributed by atoms with E-state index in [2.05, 4.69) is 5.32 Å². The molecule has 0 spiro atoms. The van der Waals surface area contributed by atoms with Gasteiger partial charge >= 0.3 is 0 Å². The summed E-state index contributed by atoms with van der Waals surface area (Å²) in [5, 5.41) is 2.25. The lowest BCUT2D eigenvalue weighted by Crippen LogP contribution is -2.29. The highest BCUT2D eigenvalue weighted by Crippen LogP contribution is 2.09. The maximum absolute atomic E-state index is 12.8. The van der Waals surface area contributed by atoms with E-state index in [1.54, 1.807) is 13.0 Å². The highest BCUT2D eigenvalue weighted by Gasteiger charge is 2.13. The van der Waals surface area contributed by atoms with E-state index in [1.165, 1.54) is 18.2 Å². The average Bonchev–Trinajstić information content (AvgIpc) is 2.27. The maximum Gasteiger partial charge on any atom is 0.237 e. The van der Waals surface area contributed by atoms with E-state index in [-0.39, 0.29) is 17.5 Å². The van der Waals surface area contributed by atoms with Gasteiger partial charge in [-0.2, -0.15) is 0 Å². The molecule has 3 N–H and O–H groups in total. The predicted molar refractivity (Wildman–Crippen MR) is 66.6 cm³/mol. The fourth-order valence-electron chi connectivity index (χ4n) is 1.14. The van der Waals surface area contributed by atoms with Gasteiger partial charge in [0.25, 0.3) is 0 Å². The number of anilines is 1. The van der Waals surface area contributed by atoms with Crippen LogP contribution in [0.3, 0.4) is 0 Å². The van der Waals surface area contributed by atoms with Gasteiger partial charge < -0.3 is 11.1 Å². The first-order chi connectivity index (χ1) is 8.02. The van der Waals surface area contributed by atoms with Gasteiger partial charge in [0, 0.05) is 28.3 Å². The molecule has 1 aromatic rings. The van der Waals surface area contributed by atoms with Crippen LogP contribution in [0.2, 0.25) is 0 Å². The molecule has 0 aromatic heterocycles. The van der Waals surface area contributed by atoms with E-state index < -0.39 is 22.5 Å². The lowest BCUT2D eigenvalue weighted by Gasteiger charge is -2.09. The number of hydrogen-bond acceptors (Lipinski definition) is 3. The van der Waals surface area contributed by atoms with Crippen molar-refractivity contribution in [2.75, 3.05) is 17.6 Å². The van der Waals surface area contributed by atoms with Crippen molar-refractivity contribution in [3.8, 4) is 0 Å². The largest absolute Gasteiger partial charge is 0.329 e. The quantitative estimate of drug-likeness (QED) is 0.822. The van der Waals surface area contributed by atoms with Crippen LogP contribution < -0.4 is 11.1 Å². The fourth-order valence-corrected chi connectivity index (χ4v) is 1.97. The van der Waals surface area contributed by atoms with Crippen LogP contribution in [0.4, 0.5) is 10.1 Å². The van der Waals surface area contributed by atoms with Crippen LogP contribution in [-0.4, -0.2) is 27.7 Å². The molecule has 0 aliphatic rings. The summed E-state index contributed by atoms with van der Waals surface area (Å²) >= 11 is 0. The van der Waals surface area contributed by atoms with Crippen molar-refractivity contribution in [2.24, 2.45) is 5.73 Å². The maximum atomic E-state index is 12.8. The van der Waals surface area contributed by atoms with Crippen LogP contribution in [0.25, 0.3) is 0 Å². The second kappa shape index (κ2) is 6.46. The van der Waals surface area contributed by atoms with Gasteiger partial charge in [-0.15, -0.1) is 0 Å². The zero-order valence-electron chi connectivity index (χ0n) is 9.48. The Morgan fingerprint density at radius 1 is 1.59 bits per heavy atom. The third-order valence-electron chi connectivity index (χ3n) is 2.16. The lowest BCUT2D eigenvalue weighted by molar-refractivity contribution is -0.113. The van der Waals surface area contributed by atoms with Crippen LogP contribution in [-0.2, 0) is 15.6 Å². The first-order valence-corrected chi connectivity index (χ1v) is 6.54. The smallest absolute Gasteiger partial charge is 0.237 e. The molecule has 0 saturated heterocycles. The summed E-state index contributed by atoms with van der Waals surface area (Å²) in [5.74, 6) is -0.969. The van der Waals surface area contributed by atoms with Crippen molar-refractivity contribution in [2.45, 2.75) is 12.2 Å². The van der Waals surface area contributed by atoms with E-state index in [4.69, 9.17) is 5.73 Å². The molecule has 0 bridgehead atoms. The molecule has 94 valence electrons. The van der Waals surface area contributed by atoms with E-state index in [1.807, 2.05) is 0 Å². The zero-order chi connectivity index (χ0) is 12.8. The molecule has 1 aromatic carbocycles. The summed E-state index contributed by atoms with van der Waals surface area (Å²) in [6.45, 7) is 1.98.